The maximum absolute atomic E-state index is 11.8. The second-order valence-electron chi connectivity index (χ2n) is 5.80. The summed E-state index contributed by atoms with van der Waals surface area (Å²) in [5.41, 5.74) is 0.705. The smallest absolute Gasteiger partial charge is 0.343 e. The van der Waals surface area contributed by atoms with Crippen LogP contribution in [0.25, 0.3) is 11.3 Å². The number of β-amino-alcohol motifs (C(OH)–C–C–N with tert-alkyl or cyclic N) is 1. The molecule has 0 bridgehead atoms. The molecule has 1 saturated heterocycles. The van der Waals surface area contributed by atoms with Crippen molar-refractivity contribution in [3.8, 4) is 17.1 Å². The van der Waals surface area contributed by atoms with Crippen LogP contribution in [0.15, 0.2) is 28.8 Å². The first-order valence-corrected chi connectivity index (χ1v) is 8.09. The average molecular weight is 347 g/mol. The van der Waals surface area contributed by atoms with Crippen LogP contribution >= 0.6 is 0 Å². The third-order valence-corrected chi connectivity index (χ3v) is 4.33. The SMILES string of the molecule is COc1ccc(-c2onc(N3CCN(CCO)CC3)c2C(=O)O)cc1. The number of nitrogens with zero attached hydrogens (tertiary/aromatic N) is 3. The van der Waals surface area contributed by atoms with E-state index in [0.29, 0.717) is 36.8 Å². The van der Waals surface area contributed by atoms with Gasteiger partial charge in [0.15, 0.2) is 17.1 Å². The highest BCUT2D eigenvalue weighted by Crippen LogP contribution is 2.32. The Morgan fingerprint density at radius 1 is 1.24 bits per heavy atom. The van der Waals surface area contributed by atoms with Crippen molar-refractivity contribution in [2.75, 3.05) is 51.3 Å². The summed E-state index contributed by atoms with van der Waals surface area (Å²) in [6.45, 7) is 3.49. The third-order valence-electron chi connectivity index (χ3n) is 4.33. The Labute approximate surface area is 145 Å². The van der Waals surface area contributed by atoms with Crippen molar-refractivity contribution in [2.45, 2.75) is 0 Å². The van der Waals surface area contributed by atoms with Crippen LogP contribution in [0.3, 0.4) is 0 Å². The van der Waals surface area contributed by atoms with Gasteiger partial charge in [-0.2, -0.15) is 0 Å². The standard InChI is InChI=1S/C17H21N3O5/c1-24-13-4-2-12(3-5-13)15-14(17(22)23)16(18-25-15)20-8-6-19(7-9-20)10-11-21/h2-5,21H,6-11H2,1H3,(H,22,23). The summed E-state index contributed by atoms with van der Waals surface area (Å²) in [4.78, 5) is 15.9. The summed E-state index contributed by atoms with van der Waals surface area (Å²) < 4.78 is 10.5. The van der Waals surface area contributed by atoms with E-state index in [0.717, 1.165) is 13.1 Å². The van der Waals surface area contributed by atoms with Gasteiger partial charge in [0.05, 0.1) is 13.7 Å². The molecular formula is C17H21N3O5. The van der Waals surface area contributed by atoms with Crippen molar-refractivity contribution in [3.05, 3.63) is 29.8 Å². The number of piperazine rings is 1. The van der Waals surface area contributed by atoms with Crippen molar-refractivity contribution in [3.63, 3.8) is 0 Å². The lowest BCUT2D eigenvalue weighted by Crippen LogP contribution is -2.47. The molecule has 1 aliphatic heterocycles. The maximum atomic E-state index is 11.8. The number of aromatic nitrogens is 1. The zero-order valence-corrected chi connectivity index (χ0v) is 14.0. The Morgan fingerprint density at radius 3 is 2.48 bits per heavy atom. The summed E-state index contributed by atoms with van der Waals surface area (Å²) in [7, 11) is 1.57. The Bertz CT molecular complexity index is 720. The number of aliphatic hydroxyl groups is 1. The van der Waals surface area contributed by atoms with Crippen LogP contribution in [-0.4, -0.2) is 72.7 Å². The highest BCUT2D eigenvalue weighted by molar-refractivity contribution is 5.99. The molecule has 0 amide bonds. The number of rotatable bonds is 6. The monoisotopic (exact) mass is 347 g/mol. The van der Waals surface area contributed by atoms with Gasteiger partial charge < -0.3 is 24.4 Å². The summed E-state index contributed by atoms with van der Waals surface area (Å²) in [5.74, 6) is 0.199. The summed E-state index contributed by atoms with van der Waals surface area (Å²) in [6, 6.07) is 6.98. The second kappa shape index (κ2) is 7.54. The van der Waals surface area contributed by atoms with Crippen molar-refractivity contribution in [1.29, 1.82) is 0 Å². The van der Waals surface area contributed by atoms with Crippen LogP contribution in [0.2, 0.25) is 0 Å². The van der Waals surface area contributed by atoms with Gasteiger partial charge in [-0.05, 0) is 24.3 Å². The number of carboxylic acids is 1. The van der Waals surface area contributed by atoms with Crippen LogP contribution in [0.5, 0.6) is 5.75 Å². The summed E-state index contributed by atoms with van der Waals surface area (Å²) >= 11 is 0. The highest BCUT2D eigenvalue weighted by atomic mass is 16.5. The number of benzene rings is 1. The first-order valence-electron chi connectivity index (χ1n) is 8.09. The maximum Gasteiger partial charge on any atom is 0.343 e. The van der Waals surface area contributed by atoms with Crippen LogP contribution in [-0.2, 0) is 0 Å². The summed E-state index contributed by atoms with van der Waals surface area (Å²) in [6.07, 6.45) is 0. The van der Waals surface area contributed by atoms with Gasteiger partial charge in [-0.1, -0.05) is 5.16 Å². The molecule has 2 aromatic rings. The predicted molar refractivity (Wildman–Crippen MR) is 91.2 cm³/mol. The van der Waals surface area contributed by atoms with E-state index in [2.05, 4.69) is 10.1 Å². The molecule has 2 N–H and O–H groups in total. The largest absolute Gasteiger partial charge is 0.497 e. The molecule has 134 valence electrons. The van der Waals surface area contributed by atoms with Gasteiger partial charge in [-0.3, -0.25) is 4.90 Å². The van der Waals surface area contributed by atoms with Gasteiger partial charge in [0.2, 0.25) is 0 Å². The number of aromatic carboxylic acids is 1. The number of hydrogen-bond acceptors (Lipinski definition) is 7. The molecule has 25 heavy (non-hydrogen) atoms. The second-order valence-corrected chi connectivity index (χ2v) is 5.80. The minimum Gasteiger partial charge on any atom is -0.497 e. The number of anilines is 1. The van der Waals surface area contributed by atoms with Crippen molar-refractivity contribution in [1.82, 2.24) is 10.1 Å². The van der Waals surface area contributed by atoms with E-state index in [1.54, 1.807) is 31.4 Å². The molecule has 0 saturated carbocycles. The van der Waals surface area contributed by atoms with E-state index < -0.39 is 5.97 Å². The Morgan fingerprint density at radius 2 is 1.92 bits per heavy atom. The third kappa shape index (κ3) is 3.59. The van der Waals surface area contributed by atoms with Crippen molar-refractivity contribution >= 4 is 11.8 Å². The number of ether oxygens (including phenoxy) is 1. The van der Waals surface area contributed by atoms with Crippen molar-refractivity contribution < 1.29 is 24.3 Å². The van der Waals surface area contributed by atoms with E-state index in [1.807, 2.05) is 4.90 Å². The molecule has 8 nitrogen and oxygen atoms in total. The van der Waals surface area contributed by atoms with Gasteiger partial charge in [-0.15, -0.1) is 0 Å². The fourth-order valence-electron chi connectivity index (χ4n) is 2.95. The molecule has 0 unspecified atom stereocenters. The Balaban J connectivity index is 1.86. The average Bonchev–Trinajstić information content (AvgIpc) is 3.08. The molecule has 3 rings (SSSR count). The zero-order chi connectivity index (χ0) is 17.8. The van der Waals surface area contributed by atoms with E-state index in [4.69, 9.17) is 14.4 Å². The molecule has 1 aromatic heterocycles. The number of aliphatic hydroxyl groups excluding tert-OH is 1. The minimum atomic E-state index is -1.07. The zero-order valence-electron chi connectivity index (χ0n) is 14.0. The van der Waals surface area contributed by atoms with Gasteiger partial charge in [0.1, 0.15) is 5.75 Å². The van der Waals surface area contributed by atoms with Crippen LogP contribution < -0.4 is 9.64 Å². The number of carboxylic acid groups (broad SMARTS) is 1. The number of methoxy groups -OCH3 is 1. The van der Waals surface area contributed by atoms with Crippen molar-refractivity contribution in [2.24, 2.45) is 0 Å². The normalized spacial score (nSPS) is 15.4. The first kappa shape index (κ1) is 17.2. The quantitative estimate of drug-likeness (QED) is 0.803. The van der Waals surface area contributed by atoms with Gasteiger partial charge in [-0.25, -0.2) is 4.79 Å². The fraction of sp³-hybridized carbons (Fsp3) is 0.412. The molecular weight excluding hydrogens is 326 g/mol. The molecule has 0 aliphatic carbocycles. The lowest BCUT2D eigenvalue weighted by Gasteiger charge is -2.34. The van der Waals surface area contributed by atoms with Crippen LogP contribution in [0, 0.1) is 0 Å². The molecule has 8 heteroatoms. The molecule has 0 spiro atoms. The molecule has 1 aliphatic rings. The van der Waals surface area contributed by atoms with Gasteiger partial charge in [0.25, 0.3) is 0 Å². The minimum absolute atomic E-state index is 0.0702. The predicted octanol–water partition coefficient (Wildman–Crippen LogP) is 1.16. The van der Waals surface area contributed by atoms with E-state index in [-0.39, 0.29) is 17.9 Å². The van der Waals surface area contributed by atoms with Crippen LogP contribution in [0.1, 0.15) is 10.4 Å². The fourth-order valence-corrected chi connectivity index (χ4v) is 2.95. The highest BCUT2D eigenvalue weighted by Gasteiger charge is 2.29. The molecule has 1 aromatic carbocycles. The van der Waals surface area contributed by atoms with E-state index in [1.165, 1.54) is 0 Å². The molecule has 0 atom stereocenters. The molecule has 2 heterocycles. The Kier molecular flexibility index (Phi) is 5.20. The molecule has 1 fully saturated rings. The number of carbonyl (C=O) groups is 1. The topological polar surface area (TPSA) is 99.3 Å². The lowest BCUT2D eigenvalue weighted by molar-refractivity contribution is 0.0697. The van der Waals surface area contributed by atoms with Gasteiger partial charge >= 0.3 is 5.97 Å². The van der Waals surface area contributed by atoms with Crippen LogP contribution in [0.4, 0.5) is 5.82 Å². The lowest BCUT2D eigenvalue weighted by atomic mass is 10.1. The van der Waals surface area contributed by atoms with E-state index >= 15 is 0 Å². The summed E-state index contributed by atoms with van der Waals surface area (Å²) in [5, 5.41) is 22.7. The number of hydrogen-bond donors (Lipinski definition) is 2. The van der Waals surface area contributed by atoms with Gasteiger partial charge in [0, 0.05) is 38.3 Å². The first-order chi connectivity index (χ1) is 12.1. The molecule has 0 radical (unpaired) electrons. The van der Waals surface area contributed by atoms with E-state index in [9.17, 15) is 9.90 Å². The Hall–Kier alpha value is -2.58.